The summed E-state index contributed by atoms with van der Waals surface area (Å²) in [6, 6.07) is 2.38. The van der Waals surface area contributed by atoms with E-state index < -0.39 is 16.7 Å². The number of carbonyl (C=O) groups excluding carboxylic acids is 1. The molecule has 1 amide bonds. The molecule has 1 aliphatic rings. The van der Waals surface area contributed by atoms with E-state index in [0.29, 0.717) is 11.6 Å². The first-order valence-corrected chi connectivity index (χ1v) is 7.65. The van der Waals surface area contributed by atoms with Gasteiger partial charge in [-0.2, -0.15) is 0 Å². The van der Waals surface area contributed by atoms with E-state index in [-0.39, 0.29) is 5.76 Å². The Bertz CT molecular complexity index is 735. The average Bonchev–Trinajstić information content (AvgIpc) is 3.07. The van der Waals surface area contributed by atoms with Crippen molar-refractivity contribution in [1.82, 2.24) is 9.97 Å². The Morgan fingerprint density at radius 3 is 2.58 bits per heavy atom. The third-order valence-electron chi connectivity index (χ3n) is 3.96. The number of furan rings is 1. The first kappa shape index (κ1) is 15.9. The van der Waals surface area contributed by atoms with Crippen LogP contribution < -0.4 is 10.2 Å². The van der Waals surface area contributed by atoms with Crippen LogP contribution in [0.3, 0.4) is 0 Å². The van der Waals surface area contributed by atoms with Crippen molar-refractivity contribution in [3.63, 3.8) is 0 Å². The highest BCUT2D eigenvalue weighted by molar-refractivity contribution is 6.02. The first-order chi connectivity index (χ1) is 11.5. The lowest BCUT2D eigenvalue weighted by Crippen LogP contribution is -2.34. The summed E-state index contributed by atoms with van der Waals surface area (Å²) in [6.07, 6.45) is 5.24. The number of nitro groups is 1. The van der Waals surface area contributed by atoms with E-state index in [0.717, 1.165) is 37.9 Å². The molecule has 0 saturated carbocycles. The quantitative estimate of drug-likeness (QED) is 0.676. The number of nitrogens with one attached hydrogen (secondary N) is 1. The van der Waals surface area contributed by atoms with Crippen molar-refractivity contribution in [2.45, 2.75) is 19.8 Å². The molecule has 0 atom stereocenters. The van der Waals surface area contributed by atoms with Crippen LogP contribution in [0.4, 0.5) is 17.5 Å². The predicted octanol–water partition coefficient (Wildman–Crippen LogP) is 2.47. The van der Waals surface area contributed by atoms with E-state index >= 15 is 0 Å². The van der Waals surface area contributed by atoms with E-state index in [9.17, 15) is 14.9 Å². The Balaban J connectivity index is 1.63. The molecule has 1 fully saturated rings. The Morgan fingerprint density at radius 1 is 1.33 bits per heavy atom. The predicted molar refractivity (Wildman–Crippen MR) is 86.0 cm³/mol. The van der Waals surface area contributed by atoms with Gasteiger partial charge in [0.2, 0.25) is 5.95 Å². The van der Waals surface area contributed by atoms with E-state index in [2.05, 4.69) is 27.1 Å². The highest BCUT2D eigenvalue weighted by Crippen LogP contribution is 2.21. The molecular weight excluding hydrogens is 314 g/mol. The highest BCUT2D eigenvalue weighted by Gasteiger charge is 2.19. The zero-order chi connectivity index (χ0) is 17.1. The fourth-order valence-corrected chi connectivity index (χ4v) is 2.50. The van der Waals surface area contributed by atoms with E-state index in [1.165, 1.54) is 18.5 Å². The number of nitrogens with zero attached hydrogens (tertiary/aromatic N) is 4. The molecule has 1 aliphatic heterocycles. The van der Waals surface area contributed by atoms with Crippen LogP contribution in [0.1, 0.15) is 30.3 Å². The lowest BCUT2D eigenvalue weighted by Gasteiger charge is -2.30. The fourth-order valence-electron chi connectivity index (χ4n) is 2.50. The van der Waals surface area contributed by atoms with Crippen LogP contribution >= 0.6 is 0 Å². The van der Waals surface area contributed by atoms with Gasteiger partial charge in [-0.3, -0.25) is 14.9 Å². The minimum Gasteiger partial charge on any atom is -0.395 e. The lowest BCUT2D eigenvalue weighted by atomic mass is 10.00. The Labute approximate surface area is 137 Å². The third kappa shape index (κ3) is 3.50. The Morgan fingerprint density at radius 2 is 2.00 bits per heavy atom. The van der Waals surface area contributed by atoms with Crippen LogP contribution in [0.2, 0.25) is 0 Å². The largest absolute Gasteiger partial charge is 0.433 e. The highest BCUT2D eigenvalue weighted by atomic mass is 16.6. The van der Waals surface area contributed by atoms with Gasteiger partial charge < -0.3 is 14.6 Å². The molecule has 9 nitrogen and oxygen atoms in total. The van der Waals surface area contributed by atoms with Gasteiger partial charge >= 0.3 is 5.88 Å². The zero-order valence-electron chi connectivity index (χ0n) is 13.1. The van der Waals surface area contributed by atoms with Crippen molar-refractivity contribution in [3.05, 3.63) is 40.4 Å². The van der Waals surface area contributed by atoms with Gasteiger partial charge in [0, 0.05) is 13.1 Å². The van der Waals surface area contributed by atoms with Crippen LogP contribution in [0, 0.1) is 16.0 Å². The number of rotatable bonds is 4. The first-order valence-electron chi connectivity index (χ1n) is 7.65. The van der Waals surface area contributed by atoms with Crippen molar-refractivity contribution in [2.75, 3.05) is 23.3 Å². The summed E-state index contributed by atoms with van der Waals surface area (Å²) in [5.74, 6) is 0.138. The van der Waals surface area contributed by atoms with E-state index in [1.54, 1.807) is 0 Å². The second-order valence-electron chi connectivity index (χ2n) is 5.79. The molecule has 9 heteroatoms. The van der Waals surface area contributed by atoms with Crippen molar-refractivity contribution >= 4 is 23.4 Å². The lowest BCUT2D eigenvalue weighted by molar-refractivity contribution is -0.402. The standard InChI is InChI=1S/C15H17N5O4/c1-10-4-6-19(7-5-10)15-16-8-11(9-17-15)18-14(21)12-2-3-13(24-12)20(22)23/h2-3,8-10H,4-7H2,1H3,(H,18,21). The fraction of sp³-hybridized carbons (Fsp3) is 0.400. The molecule has 0 unspecified atom stereocenters. The number of amides is 1. The second-order valence-corrected chi connectivity index (χ2v) is 5.79. The van der Waals surface area contributed by atoms with Gasteiger partial charge in [0.15, 0.2) is 5.76 Å². The number of aromatic nitrogens is 2. The van der Waals surface area contributed by atoms with Crippen LogP contribution in [-0.2, 0) is 0 Å². The summed E-state index contributed by atoms with van der Waals surface area (Å²) in [6.45, 7) is 4.07. The average molecular weight is 331 g/mol. The normalized spacial score (nSPS) is 15.3. The van der Waals surface area contributed by atoms with E-state index in [1.807, 2.05) is 0 Å². The summed E-state index contributed by atoms with van der Waals surface area (Å²) in [5.41, 5.74) is 0.396. The number of piperidine rings is 1. The molecule has 0 spiro atoms. The summed E-state index contributed by atoms with van der Waals surface area (Å²) in [4.78, 5) is 32.5. The van der Waals surface area contributed by atoms with Crippen molar-refractivity contribution in [3.8, 4) is 0 Å². The number of hydrogen-bond donors (Lipinski definition) is 1. The molecule has 2 aromatic heterocycles. The summed E-state index contributed by atoms with van der Waals surface area (Å²) in [5, 5.41) is 13.1. The molecule has 0 aliphatic carbocycles. The molecule has 0 radical (unpaired) electrons. The van der Waals surface area contributed by atoms with Crippen LogP contribution in [0.15, 0.2) is 28.9 Å². The molecule has 0 aromatic carbocycles. The van der Waals surface area contributed by atoms with Gasteiger partial charge in [-0.15, -0.1) is 0 Å². The molecule has 3 heterocycles. The van der Waals surface area contributed by atoms with Gasteiger partial charge in [-0.05, 0) is 24.8 Å². The molecule has 1 N–H and O–H groups in total. The van der Waals surface area contributed by atoms with Crippen molar-refractivity contribution < 1.29 is 14.1 Å². The molecular formula is C15H17N5O4. The molecule has 126 valence electrons. The summed E-state index contributed by atoms with van der Waals surface area (Å²) in [7, 11) is 0. The van der Waals surface area contributed by atoms with Gasteiger partial charge in [0.05, 0.1) is 24.1 Å². The van der Waals surface area contributed by atoms with Gasteiger partial charge in [0.1, 0.15) is 4.92 Å². The van der Waals surface area contributed by atoms with Crippen LogP contribution in [0.25, 0.3) is 0 Å². The topological polar surface area (TPSA) is 114 Å². The molecule has 3 rings (SSSR count). The van der Waals surface area contributed by atoms with Crippen molar-refractivity contribution in [2.24, 2.45) is 5.92 Å². The van der Waals surface area contributed by atoms with Crippen molar-refractivity contribution in [1.29, 1.82) is 0 Å². The molecule has 0 bridgehead atoms. The Hall–Kier alpha value is -2.97. The van der Waals surface area contributed by atoms with Gasteiger partial charge in [0.25, 0.3) is 5.91 Å². The number of hydrogen-bond acceptors (Lipinski definition) is 7. The smallest absolute Gasteiger partial charge is 0.395 e. The zero-order valence-corrected chi connectivity index (χ0v) is 13.1. The maximum absolute atomic E-state index is 12.0. The monoisotopic (exact) mass is 331 g/mol. The second kappa shape index (κ2) is 6.65. The van der Waals surface area contributed by atoms with Crippen LogP contribution in [0.5, 0.6) is 0 Å². The van der Waals surface area contributed by atoms with Gasteiger partial charge in [-0.1, -0.05) is 6.92 Å². The molecule has 24 heavy (non-hydrogen) atoms. The van der Waals surface area contributed by atoms with E-state index in [4.69, 9.17) is 4.42 Å². The maximum atomic E-state index is 12.0. The minimum atomic E-state index is -0.700. The molecule has 2 aromatic rings. The Kier molecular flexibility index (Phi) is 4.41. The summed E-state index contributed by atoms with van der Waals surface area (Å²) >= 11 is 0. The summed E-state index contributed by atoms with van der Waals surface area (Å²) < 4.78 is 4.85. The number of carbonyl (C=O) groups is 1. The SMILES string of the molecule is CC1CCN(c2ncc(NC(=O)c3ccc([N+](=O)[O-])o3)cn2)CC1. The van der Waals surface area contributed by atoms with Crippen LogP contribution in [-0.4, -0.2) is 33.9 Å². The maximum Gasteiger partial charge on any atom is 0.433 e. The molecule has 1 saturated heterocycles. The minimum absolute atomic E-state index is 0.143. The third-order valence-corrected chi connectivity index (χ3v) is 3.96. The van der Waals surface area contributed by atoms with Gasteiger partial charge in [-0.25, -0.2) is 9.97 Å². The number of anilines is 2.